The van der Waals surface area contributed by atoms with E-state index in [0.29, 0.717) is 6.04 Å². The maximum absolute atomic E-state index is 5.57. The van der Waals surface area contributed by atoms with E-state index in [1.165, 1.54) is 35.6 Å². The Balaban J connectivity index is 0.00000156. The predicted octanol–water partition coefficient (Wildman–Crippen LogP) is 4.83. The molecular weight excluding hydrogens is 355 g/mol. The Morgan fingerprint density at radius 2 is 1.72 bits per heavy atom. The highest BCUT2D eigenvalue weighted by Crippen LogP contribution is 2.36. The molecule has 1 fully saturated rings. The van der Waals surface area contributed by atoms with E-state index in [1.807, 2.05) is 0 Å². The first kappa shape index (κ1) is 22.0. The van der Waals surface area contributed by atoms with Gasteiger partial charge in [0.05, 0.1) is 7.11 Å². The molecule has 3 nitrogen and oxygen atoms in total. The Hall–Kier alpha value is -1.000. The zero-order valence-corrected chi connectivity index (χ0v) is 16.8. The van der Waals surface area contributed by atoms with Gasteiger partial charge >= 0.3 is 0 Å². The van der Waals surface area contributed by atoms with Crippen LogP contribution in [0.5, 0.6) is 5.75 Å². The number of benzene rings is 2. The third-order valence-corrected chi connectivity index (χ3v) is 4.92. The van der Waals surface area contributed by atoms with E-state index in [4.69, 9.17) is 4.74 Å². The van der Waals surface area contributed by atoms with Crippen LogP contribution in [0.4, 0.5) is 0 Å². The average molecular weight is 385 g/mol. The van der Waals surface area contributed by atoms with Gasteiger partial charge in [0.25, 0.3) is 0 Å². The van der Waals surface area contributed by atoms with Crippen LogP contribution in [0.25, 0.3) is 10.8 Å². The number of nitrogens with one attached hydrogen (secondary N) is 1. The van der Waals surface area contributed by atoms with Gasteiger partial charge in [0.1, 0.15) is 5.75 Å². The minimum atomic E-state index is 0. The van der Waals surface area contributed by atoms with Gasteiger partial charge in [0, 0.05) is 37.6 Å². The molecule has 0 radical (unpaired) electrons. The Labute approximate surface area is 163 Å². The Morgan fingerprint density at radius 3 is 2.36 bits per heavy atom. The van der Waals surface area contributed by atoms with Crippen LogP contribution in [0.1, 0.15) is 37.8 Å². The normalized spacial score (nSPS) is 15.9. The average Bonchev–Trinajstić information content (AvgIpc) is 2.63. The maximum atomic E-state index is 5.57. The fourth-order valence-corrected chi connectivity index (χ4v) is 3.69. The standard InChI is InChI=1S/C20H28N2O.2ClH/c1-3-4-9-19(22-14-12-21-13-15-22)17-10-11-20(23-2)18-8-6-5-7-16(17)18;;/h5-8,10-11,19,21H,3-4,9,12-15H2,1-2H3;2*1H/t19-;;/m1../s1. The lowest BCUT2D eigenvalue weighted by atomic mass is 9.93. The second kappa shape index (κ2) is 10.9. The number of hydrogen-bond donors (Lipinski definition) is 1. The first-order valence-electron chi connectivity index (χ1n) is 8.85. The van der Waals surface area contributed by atoms with E-state index in [9.17, 15) is 0 Å². The summed E-state index contributed by atoms with van der Waals surface area (Å²) >= 11 is 0. The van der Waals surface area contributed by atoms with Crippen molar-refractivity contribution in [2.24, 2.45) is 0 Å². The van der Waals surface area contributed by atoms with Crippen LogP contribution in [0.2, 0.25) is 0 Å². The molecule has 0 amide bonds. The number of halogens is 2. The number of hydrogen-bond acceptors (Lipinski definition) is 3. The molecule has 0 bridgehead atoms. The first-order valence-corrected chi connectivity index (χ1v) is 8.85. The van der Waals surface area contributed by atoms with Crippen molar-refractivity contribution >= 4 is 35.6 Å². The summed E-state index contributed by atoms with van der Waals surface area (Å²) in [6.45, 7) is 6.73. The maximum Gasteiger partial charge on any atom is 0.126 e. The van der Waals surface area contributed by atoms with Gasteiger partial charge in [-0.1, -0.05) is 50.1 Å². The molecule has 1 saturated heterocycles. The lowest BCUT2D eigenvalue weighted by molar-refractivity contribution is 0.164. The molecule has 25 heavy (non-hydrogen) atoms. The van der Waals surface area contributed by atoms with Gasteiger partial charge in [-0.25, -0.2) is 0 Å². The summed E-state index contributed by atoms with van der Waals surface area (Å²) in [5, 5.41) is 6.04. The Kier molecular flexibility index (Phi) is 9.58. The topological polar surface area (TPSA) is 24.5 Å². The zero-order chi connectivity index (χ0) is 16.1. The van der Waals surface area contributed by atoms with Crippen molar-refractivity contribution in [3.05, 3.63) is 42.0 Å². The van der Waals surface area contributed by atoms with Gasteiger partial charge < -0.3 is 10.1 Å². The number of rotatable bonds is 6. The second-order valence-electron chi connectivity index (χ2n) is 6.35. The van der Waals surface area contributed by atoms with Crippen molar-refractivity contribution in [3.63, 3.8) is 0 Å². The minimum Gasteiger partial charge on any atom is -0.496 e. The van der Waals surface area contributed by atoms with Crippen LogP contribution in [-0.4, -0.2) is 38.2 Å². The minimum absolute atomic E-state index is 0. The molecule has 0 aromatic heterocycles. The van der Waals surface area contributed by atoms with Crippen molar-refractivity contribution in [2.75, 3.05) is 33.3 Å². The van der Waals surface area contributed by atoms with Gasteiger partial charge in [0.15, 0.2) is 0 Å². The van der Waals surface area contributed by atoms with E-state index < -0.39 is 0 Å². The molecule has 0 spiro atoms. The largest absolute Gasteiger partial charge is 0.496 e. The third kappa shape index (κ3) is 5.01. The third-order valence-electron chi connectivity index (χ3n) is 4.92. The van der Waals surface area contributed by atoms with Crippen LogP contribution in [0, 0.1) is 0 Å². The number of nitrogens with zero attached hydrogens (tertiary/aromatic N) is 1. The molecule has 3 rings (SSSR count). The van der Waals surface area contributed by atoms with E-state index >= 15 is 0 Å². The fourth-order valence-electron chi connectivity index (χ4n) is 3.69. The Bertz CT molecular complexity index is 645. The molecular formula is C20H30Cl2N2O. The number of unbranched alkanes of at least 4 members (excludes halogenated alkanes) is 1. The van der Waals surface area contributed by atoms with E-state index in [-0.39, 0.29) is 24.8 Å². The van der Waals surface area contributed by atoms with Crippen LogP contribution in [-0.2, 0) is 0 Å². The highest BCUT2D eigenvalue weighted by atomic mass is 35.5. The van der Waals surface area contributed by atoms with Crippen LogP contribution >= 0.6 is 24.8 Å². The van der Waals surface area contributed by atoms with Gasteiger partial charge in [-0.05, 0) is 23.4 Å². The van der Waals surface area contributed by atoms with Crippen LogP contribution < -0.4 is 10.1 Å². The predicted molar refractivity (Wildman–Crippen MR) is 112 cm³/mol. The molecule has 1 aliphatic heterocycles. The Morgan fingerprint density at radius 1 is 1.04 bits per heavy atom. The molecule has 0 aliphatic carbocycles. The van der Waals surface area contributed by atoms with Crippen molar-refractivity contribution in [2.45, 2.75) is 32.2 Å². The van der Waals surface area contributed by atoms with Crippen molar-refractivity contribution < 1.29 is 4.74 Å². The summed E-state index contributed by atoms with van der Waals surface area (Å²) in [6.07, 6.45) is 3.75. The smallest absolute Gasteiger partial charge is 0.126 e. The summed E-state index contributed by atoms with van der Waals surface area (Å²) in [5.74, 6) is 0.971. The molecule has 1 aliphatic rings. The molecule has 5 heteroatoms. The summed E-state index contributed by atoms with van der Waals surface area (Å²) < 4.78 is 5.57. The number of methoxy groups -OCH3 is 1. The van der Waals surface area contributed by atoms with Crippen molar-refractivity contribution in [3.8, 4) is 5.75 Å². The van der Waals surface area contributed by atoms with Gasteiger partial charge in [-0.15, -0.1) is 24.8 Å². The first-order chi connectivity index (χ1) is 11.3. The second-order valence-corrected chi connectivity index (χ2v) is 6.35. The molecule has 1 heterocycles. The highest BCUT2D eigenvalue weighted by Gasteiger charge is 2.23. The van der Waals surface area contributed by atoms with Gasteiger partial charge in [-0.2, -0.15) is 0 Å². The van der Waals surface area contributed by atoms with Gasteiger partial charge in [-0.3, -0.25) is 4.90 Å². The van der Waals surface area contributed by atoms with E-state index in [1.54, 1.807) is 7.11 Å². The molecule has 140 valence electrons. The summed E-state index contributed by atoms with van der Waals surface area (Å²) in [6, 6.07) is 13.6. The molecule has 2 aromatic carbocycles. The molecule has 1 N–H and O–H groups in total. The van der Waals surface area contributed by atoms with Gasteiger partial charge in [0.2, 0.25) is 0 Å². The van der Waals surface area contributed by atoms with E-state index in [2.05, 4.69) is 53.5 Å². The van der Waals surface area contributed by atoms with Crippen molar-refractivity contribution in [1.29, 1.82) is 0 Å². The SMILES string of the molecule is CCCC[C@H](c1ccc(OC)c2ccccc12)N1CCNCC1.Cl.Cl. The fraction of sp³-hybridized carbons (Fsp3) is 0.500. The summed E-state index contributed by atoms with van der Waals surface area (Å²) in [5.41, 5.74) is 1.46. The molecule has 1 atom stereocenters. The number of ether oxygens (including phenoxy) is 1. The zero-order valence-electron chi connectivity index (χ0n) is 15.2. The lowest BCUT2D eigenvalue weighted by Gasteiger charge is -2.36. The van der Waals surface area contributed by atoms with Crippen molar-refractivity contribution in [1.82, 2.24) is 10.2 Å². The number of piperazine rings is 1. The molecule has 0 saturated carbocycles. The number of fused-ring (bicyclic) bond motifs is 1. The summed E-state index contributed by atoms with van der Waals surface area (Å²) in [7, 11) is 1.76. The quantitative estimate of drug-likeness (QED) is 0.771. The van der Waals surface area contributed by atoms with Crippen LogP contribution in [0.3, 0.4) is 0 Å². The van der Waals surface area contributed by atoms with E-state index in [0.717, 1.165) is 31.9 Å². The van der Waals surface area contributed by atoms with Crippen LogP contribution in [0.15, 0.2) is 36.4 Å². The monoisotopic (exact) mass is 384 g/mol. The molecule has 2 aromatic rings. The molecule has 0 unspecified atom stereocenters. The highest BCUT2D eigenvalue weighted by molar-refractivity contribution is 5.91. The lowest BCUT2D eigenvalue weighted by Crippen LogP contribution is -2.45. The summed E-state index contributed by atoms with van der Waals surface area (Å²) in [4.78, 5) is 2.65.